The van der Waals surface area contributed by atoms with E-state index in [1.165, 1.54) is 0 Å². The highest BCUT2D eigenvalue weighted by molar-refractivity contribution is 5.90. The Morgan fingerprint density at radius 2 is 2.00 bits per heavy atom. The van der Waals surface area contributed by atoms with E-state index in [4.69, 9.17) is 4.42 Å². The first-order valence-electron chi connectivity index (χ1n) is 10.0. The smallest absolute Gasteiger partial charge is 0.224 e. The van der Waals surface area contributed by atoms with Crippen molar-refractivity contribution >= 4 is 17.6 Å². The largest absolute Gasteiger partial charge is 0.463 e. The number of carbonyl (C=O) groups is 1. The second-order valence-electron chi connectivity index (χ2n) is 7.23. The number of carbonyl (C=O) groups excluding carboxylic acids is 1. The van der Waals surface area contributed by atoms with E-state index in [0.717, 1.165) is 23.4 Å². The maximum absolute atomic E-state index is 11.8. The van der Waals surface area contributed by atoms with Crippen molar-refractivity contribution in [3.63, 3.8) is 0 Å². The fourth-order valence-electron chi connectivity index (χ4n) is 2.78. The van der Waals surface area contributed by atoms with Crippen molar-refractivity contribution in [2.24, 2.45) is 4.99 Å². The second kappa shape index (κ2) is 10.7. The number of nitrogens with zero attached hydrogens (tertiary/aromatic N) is 1. The van der Waals surface area contributed by atoms with Gasteiger partial charge < -0.3 is 25.5 Å². The standard InChI is InChI=1S/C22H32N4O3/c1-5-8-20(27)26-18-10-7-9-17(13-18)14-24-21(23-6-2)25-15-22(4,28)19-12-11-16(3)29-19/h7,9-13,28H,5-6,8,14-15H2,1-4H3,(H,26,27)(H2,23,24,25). The summed E-state index contributed by atoms with van der Waals surface area (Å²) in [5, 5.41) is 19.9. The van der Waals surface area contributed by atoms with Gasteiger partial charge in [-0.15, -0.1) is 0 Å². The van der Waals surface area contributed by atoms with Gasteiger partial charge in [0.1, 0.15) is 17.1 Å². The van der Waals surface area contributed by atoms with Crippen LogP contribution in [0.2, 0.25) is 0 Å². The highest BCUT2D eigenvalue weighted by Crippen LogP contribution is 2.21. The molecule has 1 unspecified atom stereocenters. The average Bonchev–Trinajstić information content (AvgIpc) is 3.12. The van der Waals surface area contributed by atoms with E-state index in [0.29, 0.717) is 31.2 Å². The number of hydrogen-bond acceptors (Lipinski definition) is 4. The van der Waals surface area contributed by atoms with Crippen LogP contribution in [0.3, 0.4) is 0 Å². The number of rotatable bonds is 9. The zero-order valence-electron chi connectivity index (χ0n) is 17.7. The van der Waals surface area contributed by atoms with E-state index < -0.39 is 5.60 Å². The first-order valence-corrected chi connectivity index (χ1v) is 10.0. The molecular weight excluding hydrogens is 368 g/mol. The lowest BCUT2D eigenvalue weighted by Crippen LogP contribution is -2.44. The summed E-state index contributed by atoms with van der Waals surface area (Å²) in [6.45, 7) is 8.88. The molecule has 7 heteroatoms. The molecule has 2 aromatic rings. The molecule has 158 valence electrons. The number of amides is 1. The van der Waals surface area contributed by atoms with Gasteiger partial charge in [0.15, 0.2) is 5.96 Å². The number of guanidine groups is 1. The van der Waals surface area contributed by atoms with E-state index in [1.54, 1.807) is 13.0 Å². The number of benzene rings is 1. The maximum Gasteiger partial charge on any atom is 0.224 e. The monoisotopic (exact) mass is 400 g/mol. The van der Waals surface area contributed by atoms with Crippen molar-refractivity contribution in [3.05, 3.63) is 53.5 Å². The Balaban J connectivity index is 2.00. The van der Waals surface area contributed by atoms with Gasteiger partial charge in [0, 0.05) is 18.7 Å². The van der Waals surface area contributed by atoms with Crippen LogP contribution in [0.1, 0.15) is 50.7 Å². The number of aryl methyl sites for hydroxylation is 1. The summed E-state index contributed by atoms with van der Waals surface area (Å²) in [6.07, 6.45) is 1.32. The van der Waals surface area contributed by atoms with Crippen LogP contribution >= 0.6 is 0 Å². The number of furan rings is 1. The minimum absolute atomic E-state index is 0.0125. The Labute approximate surface area is 172 Å². The Kier molecular flexibility index (Phi) is 8.27. The van der Waals surface area contributed by atoms with E-state index in [-0.39, 0.29) is 12.5 Å². The Bertz CT molecular complexity index is 827. The Morgan fingerprint density at radius 3 is 2.66 bits per heavy atom. The van der Waals surface area contributed by atoms with Gasteiger partial charge in [-0.25, -0.2) is 4.99 Å². The molecule has 4 N–H and O–H groups in total. The Morgan fingerprint density at radius 1 is 1.21 bits per heavy atom. The molecule has 0 fully saturated rings. The summed E-state index contributed by atoms with van der Waals surface area (Å²) < 4.78 is 5.55. The van der Waals surface area contributed by atoms with Crippen LogP contribution in [-0.2, 0) is 16.9 Å². The van der Waals surface area contributed by atoms with Crippen molar-refractivity contribution in [2.75, 3.05) is 18.4 Å². The summed E-state index contributed by atoms with van der Waals surface area (Å²) in [5.41, 5.74) is 0.587. The predicted octanol–water partition coefficient (Wildman–Crippen LogP) is 3.29. The predicted molar refractivity (Wildman–Crippen MR) is 116 cm³/mol. The molecule has 0 saturated heterocycles. The third-order valence-corrected chi connectivity index (χ3v) is 4.32. The van der Waals surface area contributed by atoms with Gasteiger partial charge in [0.25, 0.3) is 0 Å². The van der Waals surface area contributed by atoms with Gasteiger partial charge in [-0.3, -0.25) is 4.79 Å². The lowest BCUT2D eigenvalue weighted by Gasteiger charge is -2.22. The maximum atomic E-state index is 11.8. The van der Waals surface area contributed by atoms with Crippen molar-refractivity contribution in [1.82, 2.24) is 10.6 Å². The topological polar surface area (TPSA) is 98.9 Å². The van der Waals surface area contributed by atoms with Crippen LogP contribution in [0.25, 0.3) is 0 Å². The molecule has 1 aromatic carbocycles. The van der Waals surface area contributed by atoms with E-state index in [2.05, 4.69) is 20.9 Å². The molecular formula is C22H32N4O3. The quantitative estimate of drug-likeness (QED) is 0.382. The average molecular weight is 401 g/mol. The molecule has 0 aliphatic rings. The fourth-order valence-corrected chi connectivity index (χ4v) is 2.78. The van der Waals surface area contributed by atoms with Crippen LogP contribution in [0.5, 0.6) is 0 Å². The van der Waals surface area contributed by atoms with Gasteiger partial charge in [0.2, 0.25) is 5.91 Å². The minimum Gasteiger partial charge on any atom is -0.463 e. The summed E-state index contributed by atoms with van der Waals surface area (Å²) in [4.78, 5) is 16.4. The van der Waals surface area contributed by atoms with Crippen molar-refractivity contribution in [1.29, 1.82) is 0 Å². The number of aliphatic hydroxyl groups is 1. The SMILES string of the molecule is CCCC(=O)Nc1cccc(CN=C(NCC)NCC(C)(O)c2ccc(C)o2)c1. The summed E-state index contributed by atoms with van der Waals surface area (Å²) in [6, 6.07) is 11.3. The van der Waals surface area contributed by atoms with Gasteiger partial charge in [-0.05, 0) is 57.0 Å². The number of anilines is 1. The van der Waals surface area contributed by atoms with Crippen LogP contribution in [0.4, 0.5) is 5.69 Å². The van der Waals surface area contributed by atoms with Crippen LogP contribution < -0.4 is 16.0 Å². The van der Waals surface area contributed by atoms with Gasteiger partial charge in [-0.1, -0.05) is 19.1 Å². The normalized spacial score (nSPS) is 13.6. The highest BCUT2D eigenvalue weighted by Gasteiger charge is 2.27. The molecule has 29 heavy (non-hydrogen) atoms. The molecule has 2 rings (SSSR count). The molecule has 1 atom stereocenters. The second-order valence-corrected chi connectivity index (χ2v) is 7.23. The Hall–Kier alpha value is -2.80. The molecule has 7 nitrogen and oxygen atoms in total. The molecule has 0 aliphatic heterocycles. The number of nitrogens with one attached hydrogen (secondary N) is 3. The van der Waals surface area contributed by atoms with Crippen molar-refractivity contribution in [2.45, 2.75) is 52.7 Å². The van der Waals surface area contributed by atoms with Crippen molar-refractivity contribution in [3.8, 4) is 0 Å². The van der Waals surface area contributed by atoms with E-state index in [1.807, 2.05) is 51.1 Å². The third kappa shape index (κ3) is 7.27. The molecule has 1 aromatic heterocycles. The lowest BCUT2D eigenvalue weighted by atomic mass is 10.0. The van der Waals surface area contributed by atoms with Gasteiger partial charge in [0.05, 0.1) is 13.1 Å². The highest BCUT2D eigenvalue weighted by atomic mass is 16.4. The molecule has 0 radical (unpaired) electrons. The first-order chi connectivity index (χ1) is 13.8. The van der Waals surface area contributed by atoms with Gasteiger partial charge >= 0.3 is 0 Å². The number of aliphatic imine (C=N–C) groups is 1. The molecule has 0 aliphatic carbocycles. The minimum atomic E-state index is -1.16. The van der Waals surface area contributed by atoms with E-state index in [9.17, 15) is 9.90 Å². The van der Waals surface area contributed by atoms with Crippen molar-refractivity contribution < 1.29 is 14.3 Å². The zero-order valence-corrected chi connectivity index (χ0v) is 17.7. The molecule has 1 amide bonds. The lowest BCUT2D eigenvalue weighted by molar-refractivity contribution is -0.116. The third-order valence-electron chi connectivity index (χ3n) is 4.32. The van der Waals surface area contributed by atoms with E-state index >= 15 is 0 Å². The van der Waals surface area contributed by atoms with Crippen LogP contribution in [0.15, 0.2) is 45.8 Å². The summed E-state index contributed by atoms with van der Waals surface area (Å²) in [5.74, 6) is 1.87. The summed E-state index contributed by atoms with van der Waals surface area (Å²) >= 11 is 0. The van der Waals surface area contributed by atoms with Crippen LogP contribution in [0, 0.1) is 6.92 Å². The first kappa shape index (κ1) is 22.5. The zero-order chi connectivity index (χ0) is 21.3. The molecule has 1 heterocycles. The molecule has 0 spiro atoms. The fraction of sp³-hybridized carbons (Fsp3) is 0.455. The van der Waals surface area contributed by atoms with Gasteiger partial charge in [-0.2, -0.15) is 0 Å². The molecule has 0 bridgehead atoms. The number of hydrogen-bond donors (Lipinski definition) is 4. The molecule has 0 saturated carbocycles. The van der Waals surface area contributed by atoms with Crippen LogP contribution in [-0.4, -0.2) is 30.1 Å². The summed E-state index contributed by atoms with van der Waals surface area (Å²) in [7, 11) is 0.